The molecule has 0 bridgehead atoms. The Hall–Kier alpha value is -0.490. The highest BCUT2D eigenvalue weighted by molar-refractivity contribution is 6.35. The molecule has 1 aliphatic rings. The second kappa shape index (κ2) is 17.9. The lowest BCUT2D eigenvalue weighted by molar-refractivity contribution is -0.915. The monoisotopic (exact) mass is 564 g/mol. The quantitative estimate of drug-likeness (QED) is 0.229. The van der Waals surface area contributed by atoms with Crippen molar-refractivity contribution in [1.82, 2.24) is 5.32 Å². The number of hydrogen-bond acceptors (Lipinski definition) is 2. The number of hydrogen-bond donors (Lipinski definition) is 1. The molecule has 1 saturated heterocycles. The van der Waals surface area contributed by atoms with Crippen LogP contribution >= 0.6 is 23.2 Å². The number of quaternary nitrogens is 1. The number of ether oxygens (including phenoxy) is 1. The van der Waals surface area contributed by atoms with Crippen molar-refractivity contribution in [2.75, 3.05) is 39.3 Å². The molecule has 0 radical (unpaired) electrons. The molecular formula is C26H43BrCl2N2O2. The Morgan fingerprint density at radius 1 is 0.939 bits per heavy atom. The van der Waals surface area contributed by atoms with Gasteiger partial charge >= 0.3 is 0 Å². The first-order valence-corrected chi connectivity index (χ1v) is 13.5. The summed E-state index contributed by atoms with van der Waals surface area (Å²) in [5.41, 5.74) is 0. The van der Waals surface area contributed by atoms with Crippen LogP contribution in [-0.2, 0) is 4.79 Å². The van der Waals surface area contributed by atoms with E-state index >= 15 is 0 Å². The number of carbonyl (C=O) groups excluding carboxylic acids is 1. The predicted octanol–water partition coefficient (Wildman–Crippen LogP) is 4.02. The maximum Gasteiger partial charge on any atom is 0.258 e. The van der Waals surface area contributed by atoms with Crippen LogP contribution in [0.15, 0.2) is 18.2 Å². The van der Waals surface area contributed by atoms with E-state index in [2.05, 4.69) is 12.2 Å². The van der Waals surface area contributed by atoms with Crippen molar-refractivity contribution in [3.8, 4) is 5.75 Å². The standard InChI is InChI=1S/C26H42Cl2N2O2.BrH/c1-2-3-4-5-6-7-8-9-10-11-17-30(18-12-13-19-30)20-16-29-26(31)22-32-25-15-14-23(27)21-24(25)28;/h14-15,21H,2-13,16-20,22H2,1H3;1H. The average Bonchev–Trinajstić information content (AvgIpc) is 3.23. The maximum atomic E-state index is 12.2. The second-order valence-electron chi connectivity index (χ2n) is 9.34. The third kappa shape index (κ3) is 12.7. The van der Waals surface area contributed by atoms with Gasteiger partial charge in [-0.3, -0.25) is 4.79 Å². The van der Waals surface area contributed by atoms with Gasteiger partial charge in [0.2, 0.25) is 0 Å². The minimum absolute atomic E-state index is 0. The Morgan fingerprint density at radius 3 is 2.15 bits per heavy atom. The second-order valence-corrected chi connectivity index (χ2v) is 10.2. The molecule has 0 aliphatic carbocycles. The fraction of sp³-hybridized carbons (Fsp3) is 0.731. The molecule has 33 heavy (non-hydrogen) atoms. The summed E-state index contributed by atoms with van der Waals surface area (Å²) in [7, 11) is 0. The van der Waals surface area contributed by atoms with Gasteiger partial charge in [0.15, 0.2) is 6.61 Å². The van der Waals surface area contributed by atoms with E-state index in [1.165, 1.54) is 101 Å². The summed E-state index contributed by atoms with van der Waals surface area (Å²) in [5, 5.41) is 4.00. The lowest BCUT2D eigenvalue weighted by Crippen LogP contribution is -3.00. The number of likely N-dealkylation sites (tertiary alicyclic amines) is 1. The van der Waals surface area contributed by atoms with Crippen LogP contribution in [0.4, 0.5) is 0 Å². The van der Waals surface area contributed by atoms with Gasteiger partial charge in [0.1, 0.15) is 5.75 Å². The number of nitrogens with one attached hydrogen (secondary N) is 1. The molecule has 0 spiro atoms. The highest BCUT2D eigenvalue weighted by Crippen LogP contribution is 2.27. The molecule has 1 aromatic carbocycles. The number of benzene rings is 1. The first-order chi connectivity index (χ1) is 15.5. The molecule has 1 N–H and O–H groups in total. The Labute approximate surface area is 222 Å². The lowest BCUT2D eigenvalue weighted by Gasteiger charge is -2.34. The zero-order valence-corrected chi connectivity index (χ0v) is 23.5. The van der Waals surface area contributed by atoms with Crippen LogP contribution in [0, 0.1) is 0 Å². The van der Waals surface area contributed by atoms with Gasteiger partial charge in [-0.1, -0.05) is 81.5 Å². The summed E-state index contributed by atoms with van der Waals surface area (Å²) in [6.07, 6.45) is 16.4. The van der Waals surface area contributed by atoms with Gasteiger partial charge in [-0.25, -0.2) is 0 Å². The first kappa shape index (κ1) is 30.5. The third-order valence-corrected chi connectivity index (χ3v) is 7.19. The van der Waals surface area contributed by atoms with Crippen LogP contribution in [0.2, 0.25) is 10.0 Å². The summed E-state index contributed by atoms with van der Waals surface area (Å²) in [6.45, 7) is 7.73. The van der Waals surface area contributed by atoms with Gasteiger partial charge in [0.05, 0.1) is 37.7 Å². The van der Waals surface area contributed by atoms with E-state index in [9.17, 15) is 4.79 Å². The fourth-order valence-corrected chi connectivity index (χ4v) is 5.18. The van der Waals surface area contributed by atoms with Gasteiger partial charge in [-0.2, -0.15) is 0 Å². The van der Waals surface area contributed by atoms with Crippen molar-refractivity contribution >= 4 is 29.1 Å². The van der Waals surface area contributed by atoms with Crippen LogP contribution in [-0.4, -0.2) is 49.7 Å². The molecule has 7 heteroatoms. The lowest BCUT2D eigenvalue weighted by atomic mass is 10.1. The fourth-order valence-electron chi connectivity index (χ4n) is 4.72. The van der Waals surface area contributed by atoms with Gasteiger partial charge < -0.3 is 31.5 Å². The zero-order valence-electron chi connectivity index (χ0n) is 20.4. The molecule has 0 unspecified atom stereocenters. The summed E-state index contributed by atoms with van der Waals surface area (Å²) >= 11 is 12.0. The third-order valence-electron chi connectivity index (χ3n) is 6.66. The number of carbonyl (C=O) groups is 1. The van der Waals surface area contributed by atoms with E-state index in [1.54, 1.807) is 18.2 Å². The summed E-state index contributed by atoms with van der Waals surface area (Å²) in [6, 6.07) is 5.01. The van der Waals surface area contributed by atoms with E-state index < -0.39 is 0 Å². The number of halogens is 3. The molecule has 2 rings (SSSR count). The normalized spacial score (nSPS) is 14.6. The van der Waals surface area contributed by atoms with Gasteiger partial charge in [-0.15, -0.1) is 0 Å². The minimum atomic E-state index is -0.104. The number of amides is 1. The topological polar surface area (TPSA) is 38.3 Å². The van der Waals surface area contributed by atoms with E-state index in [0.717, 1.165) is 6.54 Å². The van der Waals surface area contributed by atoms with Crippen molar-refractivity contribution in [3.63, 3.8) is 0 Å². The smallest absolute Gasteiger partial charge is 0.258 e. The molecule has 190 valence electrons. The Bertz CT molecular complexity index is 670. The van der Waals surface area contributed by atoms with Crippen molar-refractivity contribution in [2.24, 2.45) is 0 Å². The van der Waals surface area contributed by atoms with Crippen LogP contribution < -0.4 is 27.0 Å². The summed E-state index contributed by atoms with van der Waals surface area (Å²) < 4.78 is 6.70. The van der Waals surface area contributed by atoms with Crippen molar-refractivity contribution < 1.29 is 31.0 Å². The molecular weight excluding hydrogens is 523 g/mol. The first-order valence-electron chi connectivity index (χ1n) is 12.7. The summed E-state index contributed by atoms with van der Waals surface area (Å²) in [5.74, 6) is 0.377. The molecule has 0 saturated carbocycles. The van der Waals surface area contributed by atoms with E-state index in [1.807, 2.05) is 0 Å². The zero-order chi connectivity index (χ0) is 23.1. The van der Waals surface area contributed by atoms with E-state index in [4.69, 9.17) is 27.9 Å². The van der Waals surface area contributed by atoms with Gasteiger partial charge in [0.25, 0.3) is 5.91 Å². The molecule has 0 atom stereocenters. The number of rotatable bonds is 17. The molecule has 1 heterocycles. The van der Waals surface area contributed by atoms with Crippen molar-refractivity contribution in [2.45, 2.75) is 84.0 Å². The highest BCUT2D eigenvalue weighted by Gasteiger charge is 2.30. The van der Waals surface area contributed by atoms with Gasteiger partial charge in [0, 0.05) is 17.9 Å². The molecule has 4 nitrogen and oxygen atoms in total. The number of unbranched alkanes of at least 4 members (excludes halogenated alkanes) is 9. The molecule has 1 fully saturated rings. The van der Waals surface area contributed by atoms with Crippen LogP contribution in [0.5, 0.6) is 5.75 Å². The average molecular weight is 566 g/mol. The van der Waals surface area contributed by atoms with Crippen molar-refractivity contribution in [3.05, 3.63) is 28.2 Å². The van der Waals surface area contributed by atoms with E-state index in [0.29, 0.717) is 22.3 Å². The van der Waals surface area contributed by atoms with E-state index in [-0.39, 0.29) is 29.5 Å². The van der Waals surface area contributed by atoms with Crippen LogP contribution in [0.3, 0.4) is 0 Å². The highest BCUT2D eigenvalue weighted by atomic mass is 79.9. The Kier molecular flexibility index (Phi) is 16.5. The molecule has 1 amide bonds. The molecule has 1 aromatic rings. The summed E-state index contributed by atoms with van der Waals surface area (Å²) in [4.78, 5) is 12.2. The minimum Gasteiger partial charge on any atom is -1.00 e. The van der Waals surface area contributed by atoms with Crippen molar-refractivity contribution in [1.29, 1.82) is 0 Å². The number of nitrogens with zero attached hydrogens (tertiary/aromatic N) is 1. The largest absolute Gasteiger partial charge is 1.00 e. The predicted molar refractivity (Wildman–Crippen MR) is 136 cm³/mol. The maximum absolute atomic E-state index is 12.2. The molecule has 0 aromatic heterocycles. The van der Waals surface area contributed by atoms with Crippen LogP contribution in [0.1, 0.15) is 84.0 Å². The Balaban J connectivity index is 0.00000544. The SMILES string of the molecule is CCCCCCCCCCCC[N+]1(CCNC(=O)COc2ccc(Cl)cc2Cl)CCCC1.[Br-]. The van der Waals surface area contributed by atoms with Crippen LogP contribution in [0.25, 0.3) is 0 Å². The van der Waals surface area contributed by atoms with Gasteiger partial charge in [-0.05, 0) is 31.0 Å². The Morgan fingerprint density at radius 2 is 1.55 bits per heavy atom. The molecule has 1 aliphatic heterocycles.